The van der Waals surface area contributed by atoms with Crippen LogP contribution in [0.15, 0.2) is 24.3 Å². The third kappa shape index (κ3) is 5.76. The molecule has 156 valence electrons. The van der Waals surface area contributed by atoms with E-state index in [0.29, 0.717) is 6.54 Å². The minimum Gasteiger partial charge on any atom is -0.455 e. The lowest BCUT2D eigenvalue weighted by Crippen LogP contribution is -2.39. The Morgan fingerprint density at radius 1 is 1.14 bits per heavy atom. The summed E-state index contributed by atoms with van der Waals surface area (Å²) in [4.78, 5) is 40.8. The molecule has 2 aromatic rings. The number of aromatic nitrogens is 1. The number of carbonyl (C=O) groups is 3. The topological polar surface area (TPSA) is 97.4 Å². The van der Waals surface area contributed by atoms with E-state index in [9.17, 15) is 14.4 Å². The number of ether oxygens (including phenoxy) is 1. The maximum absolute atomic E-state index is 12.7. The molecule has 0 aliphatic heterocycles. The molecular formula is C21H27N3O4S. The molecule has 3 rings (SSSR count). The van der Waals surface area contributed by atoms with Crippen LogP contribution < -0.4 is 10.6 Å². The molecule has 8 heteroatoms. The first-order valence-corrected chi connectivity index (χ1v) is 11.0. The van der Waals surface area contributed by atoms with Gasteiger partial charge in [0.05, 0.1) is 27.7 Å². The Kier molecular flexibility index (Phi) is 7.57. The number of benzene rings is 1. The summed E-state index contributed by atoms with van der Waals surface area (Å²) in [7, 11) is 0. The number of para-hydroxylation sites is 1. The van der Waals surface area contributed by atoms with E-state index >= 15 is 0 Å². The maximum atomic E-state index is 12.7. The van der Waals surface area contributed by atoms with Gasteiger partial charge in [0.25, 0.3) is 5.91 Å². The summed E-state index contributed by atoms with van der Waals surface area (Å²) in [6, 6.07) is 7.96. The first kappa shape index (κ1) is 21.2. The lowest BCUT2D eigenvalue weighted by Gasteiger charge is -2.28. The number of hydrogen-bond acceptors (Lipinski definition) is 6. The first-order valence-electron chi connectivity index (χ1n) is 10.1. The Morgan fingerprint density at radius 2 is 1.93 bits per heavy atom. The second-order valence-corrected chi connectivity index (χ2v) is 8.31. The van der Waals surface area contributed by atoms with Crippen molar-refractivity contribution in [3.8, 4) is 0 Å². The van der Waals surface area contributed by atoms with Crippen molar-refractivity contribution in [3.05, 3.63) is 29.3 Å². The SMILES string of the molecule is CCCNC(=O)CNC(=O)COC(=O)[C@H]1CCCC[C@H]1c1nc2ccccc2s1. The molecule has 0 bridgehead atoms. The van der Waals surface area contributed by atoms with Crippen molar-refractivity contribution in [2.45, 2.75) is 44.9 Å². The Morgan fingerprint density at radius 3 is 2.72 bits per heavy atom. The third-order valence-corrected chi connectivity index (χ3v) is 6.23. The number of nitrogens with zero attached hydrogens (tertiary/aromatic N) is 1. The van der Waals surface area contributed by atoms with E-state index in [1.165, 1.54) is 0 Å². The fraction of sp³-hybridized carbons (Fsp3) is 0.524. The average Bonchev–Trinajstić information content (AvgIpc) is 3.18. The number of amides is 2. The van der Waals surface area contributed by atoms with Crippen LogP contribution in [0, 0.1) is 5.92 Å². The van der Waals surface area contributed by atoms with Crippen LogP contribution in [0.3, 0.4) is 0 Å². The summed E-state index contributed by atoms with van der Waals surface area (Å²) in [6.07, 6.45) is 4.47. The first-order chi connectivity index (χ1) is 14.1. The summed E-state index contributed by atoms with van der Waals surface area (Å²) in [6.45, 7) is 2.03. The van der Waals surface area contributed by atoms with Gasteiger partial charge in [-0.15, -0.1) is 11.3 Å². The molecule has 1 aliphatic rings. The van der Waals surface area contributed by atoms with Crippen LogP contribution in [0.2, 0.25) is 0 Å². The standard InChI is InChI=1S/C21H27N3O4S/c1-2-11-22-18(25)12-23-19(26)13-28-21(27)15-8-4-3-7-14(15)20-24-16-9-5-6-10-17(16)29-20/h5-6,9-10,14-15H,2-4,7-8,11-13H2,1H3,(H,22,25)(H,23,26)/t14-,15+/m1/s1. The van der Waals surface area contributed by atoms with Gasteiger partial charge in [-0.05, 0) is 31.4 Å². The Hall–Kier alpha value is -2.48. The number of carbonyl (C=O) groups excluding carboxylic acids is 3. The minimum atomic E-state index is -0.475. The Bertz CT molecular complexity index is 833. The second-order valence-electron chi connectivity index (χ2n) is 7.25. The molecule has 1 fully saturated rings. The van der Waals surface area contributed by atoms with Crippen molar-refractivity contribution in [1.29, 1.82) is 0 Å². The summed E-state index contributed by atoms with van der Waals surface area (Å²) < 4.78 is 6.39. The third-order valence-electron chi connectivity index (χ3n) is 5.06. The number of fused-ring (bicyclic) bond motifs is 1. The van der Waals surface area contributed by atoms with Gasteiger partial charge in [0.15, 0.2) is 6.61 Å². The molecule has 29 heavy (non-hydrogen) atoms. The van der Waals surface area contributed by atoms with Crippen molar-refractivity contribution in [1.82, 2.24) is 15.6 Å². The van der Waals surface area contributed by atoms with Crippen LogP contribution in [-0.4, -0.2) is 42.5 Å². The van der Waals surface area contributed by atoms with Crippen LogP contribution in [0.1, 0.15) is 50.0 Å². The molecule has 1 aromatic carbocycles. The van der Waals surface area contributed by atoms with Crippen molar-refractivity contribution < 1.29 is 19.1 Å². The van der Waals surface area contributed by atoms with Crippen LogP contribution >= 0.6 is 11.3 Å². The molecule has 1 aliphatic carbocycles. The molecule has 0 spiro atoms. The van der Waals surface area contributed by atoms with Gasteiger partial charge in [-0.1, -0.05) is 31.9 Å². The van der Waals surface area contributed by atoms with E-state index in [-0.39, 0.29) is 36.9 Å². The number of esters is 1. The second kappa shape index (κ2) is 10.3. The zero-order valence-corrected chi connectivity index (χ0v) is 17.4. The van der Waals surface area contributed by atoms with Gasteiger partial charge in [0.2, 0.25) is 5.91 Å². The predicted octanol–water partition coefficient (Wildman–Crippen LogP) is 2.76. The monoisotopic (exact) mass is 417 g/mol. The number of nitrogens with one attached hydrogen (secondary N) is 2. The van der Waals surface area contributed by atoms with Crippen molar-refractivity contribution in [2.24, 2.45) is 5.92 Å². The summed E-state index contributed by atoms with van der Waals surface area (Å²) in [5, 5.41) is 6.11. The quantitative estimate of drug-likeness (QED) is 0.644. The van der Waals surface area contributed by atoms with E-state index in [2.05, 4.69) is 10.6 Å². The highest BCUT2D eigenvalue weighted by Crippen LogP contribution is 2.41. The smallest absolute Gasteiger partial charge is 0.310 e. The summed E-state index contributed by atoms with van der Waals surface area (Å²) >= 11 is 1.62. The fourth-order valence-corrected chi connectivity index (χ4v) is 4.73. The van der Waals surface area contributed by atoms with Crippen molar-refractivity contribution in [3.63, 3.8) is 0 Å². The van der Waals surface area contributed by atoms with E-state index in [1.807, 2.05) is 31.2 Å². The number of thiazole rings is 1. The average molecular weight is 418 g/mol. The molecule has 2 amide bonds. The van der Waals surface area contributed by atoms with Gasteiger partial charge in [0, 0.05) is 12.5 Å². The Labute approximate surface area is 174 Å². The van der Waals surface area contributed by atoms with Gasteiger partial charge in [-0.25, -0.2) is 4.98 Å². The van der Waals surface area contributed by atoms with Crippen LogP contribution in [0.25, 0.3) is 10.2 Å². The van der Waals surface area contributed by atoms with E-state index in [4.69, 9.17) is 9.72 Å². The largest absolute Gasteiger partial charge is 0.455 e. The van der Waals surface area contributed by atoms with Gasteiger partial charge < -0.3 is 15.4 Å². The van der Waals surface area contributed by atoms with Gasteiger partial charge in [0.1, 0.15) is 0 Å². The summed E-state index contributed by atoms with van der Waals surface area (Å²) in [5.74, 6) is -1.35. The lowest BCUT2D eigenvalue weighted by molar-refractivity contribution is -0.154. The molecule has 0 radical (unpaired) electrons. The highest BCUT2D eigenvalue weighted by Gasteiger charge is 2.35. The molecule has 2 N–H and O–H groups in total. The number of hydrogen-bond donors (Lipinski definition) is 2. The fourth-order valence-electron chi connectivity index (χ4n) is 3.56. The van der Waals surface area contributed by atoms with Crippen LogP contribution in [0.5, 0.6) is 0 Å². The van der Waals surface area contributed by atoms with Crippen molar-refractivity contribution in [2.75, 3.05) is 19.7 Å². The van der Waals surface area contributed by atoms with Gasteiger partial charge >= 0.3 is 5.97 Å². The number of rotatable bonds is 8. The molecule has 1 saturated carbocycles. The van der Waals surface area contributed by atoms with Crippen LogP contribution in [0.4, 0.5) is 0 Å². The van der Waals surface area contributed by atoms with E-state index in [0.717, 1.165) is 47.3 Å². The lowest BCUT2D eigenvalue weighted by atomic mass is 9.79. The molecule has 7 nitrogen and oxygen atoms in total. The zero-order chi connectivity index (χ0) is 20.6. The van der Waals surface area contributed by atoms with E-state index < -0.39 is 5.91 Å². The highest BCUT2D eigenvalue weighted by molar-refractivity contribution is 7.18. The zero-order valence-electron chi connectivity index (χ0n) is 16.6. The predicted molar refractivity (Wildman–Crippen MR) is 112 cm³/mol. The molecule has 0 unspecified atom stereocenters. The molecule has 1 heterocycles. The molecule has 2 atom stereocenters. The van der Waals surface area contributed by atoms with Crippen LogP contribution in [-0.2, 0) is 19.1 Å². The molecular weight excluding hydrogens is 390 g/mol. The minimum absolute atomic E-state index is 0.0246. The maximum Gasteiger partial charge on any atom is 0.310 e. The Balaban J connectivity index is 1.54. The molecule has 1 aromatic heterocycles. The normalized spacial score (nSPS) is 18.9. The highest BCUT2D eigenvalue weighted by atomic mass is 32.1. The van der Waals surface area contributed by atoms with Gasteiger partial charge in [-0.2, -0.15) is 0 Å². The van der Waals surface area contributed by atoms with E-state index in [1.54, 1.807) is 11.3 Å². The summed E-state index contributed by atoms with van der Waals surface area (Å²) in [5.41, 5.74) is 0.950. The molecule has 0 saturated heterocycles. The van der Waals surface area contributed by atoms with Gasteiger partial charge in [-0.3, -0.25) is 14.4 Å². The van der Waals surface area contributed by atoms with Crippen molar-refractivity contribution >= 4 is 39.3 Å².